The van der Waals surface area contributed by atoms with Gasteiger partial charge in [0.2, 0.25) is 0 Å². The molecular formula is C35H53N3O. The van der Waals surface area contributed by atoms with Crippen molar-refractivity contribution < 1.29 is 4.79 Å². The Kier molecular flexibility index (Phi) is 19.1. The lowest BCUT2D eigenvalue weighted by atomic mass is 10.0. The lowest BCUT2D eigenvalue weighted by Crippen LogP contribution is -2.17. The van der Waals surface area contributed by atoms with Crippen molar-refractivity contribution in [2.45, 2.75) is 92.4 Å². The number of anilines is 1. The molecule has 2 N–H and O–H groups in total. The van der Waals surface area contributed by atoms with Gasteiger partial charge in [0.05, 0.1) is 0 Å². The first kappa shape index (κ1) is 34.0. The maximum absolute atomic E-state index is 10.7. The second-order valence-electron chi connectivity index (χ2n) is 9.70. The third kappa shape index (κ3) is 14.1. The summed E-state index contributed by atoms with van der Waals surface area (Å²) in [6.07, 6.45) is 14.3. The molecule has 1 aliphatic rings. The Morgan fingerprint density at radius 1 is 0.821 bits per heavy atom. The third-order valence-electron chi connectivity index (χ3n) is 6.76. The van der Waals surface area contributed by atoms with Crippen LogP contribution in [-0.4, -0.2) is 35.8 Å². The van der Waals surface area contributed by atoms with Crippen molar-refractivity contribution in [3.05, 3.63) is 83.6 Å². The molecule has 214 valence electrons. The van der Waals surface area contributed by atoms with Gasteiger partial charge < -0.3 is 10.6 Å². The summed E-state index contributed by atoms with van der Waals surface area (Å²) in [4.78, 5) is 17.5. The van der Waals surface area contributed by atoms with Crippen LogP contribution in [0.15, 0.2) is 66.9 Å². The second kappa shape index (κ2) is 21.9. The van der Waals surface area contributed by atoms with E-state index in [9.17, 15) is 4.79 Å². The zero-order valence-corrected chi connectivity index (χ0v) is 25.3. The van der Waals surface area contributed by atoms with Gasteiger partial charge in [-0.1, -0.05) is 121 Å². The number of nitrogens with zero attached hydrogens (tertiary/aromatic N) is 2. The first-order valence-electron chi connectivity index (χ1n) is 15.2. The van der Waals surface area contributed by atoms with Gasteiger partial charge in [0.1, 0.15) is 12.1 Å². The number of likely N-dealkylation sites (tertiary alicyclic amines) is 1. The first-order valence-corrected chi connectivity index (χ1v) is 15.2. The van der Waals surface area contributed by atoms with E-state index < -0.39 is 0 Å². The molecule has 1 aromatic heterocycles. The lowest BCUT2D eigenvalue weighted by molar-refractivity contribution is 0.112. The summed E-state index contributed by atoms with van der Waals surface area (Å²) in [6.45, 7) is 14.7. The van der Waals surface area contributed by atoms with Crippen LogP contribution in [0.5, 0.6) is 0 Å². The molecule has 1 aliphatic heterocycles. The number of nitrogen functional groups attached to an aromatic ring is 1. The van der Waals surface area contributed by atoms with Crippen molar-refractivity contribution in [2.75, 3.05) is 25.4 Å². The van der Waals surface area contributed by atoms with Gasteiger partial charge >= 0.3 is 0 Å². The van der Waals surface area contributed by atoms with Gasteiger partial charge in [0.15, 0.2) is 0 Å². The quantitative estimate of drug-likeness (QED) is 0.209. The number of aldehydes is 1. The number of rotatable bonds is 10. The summed E-state index contributed by atoms with van der Waals surface area (Å²) in [5, 5.41) is 0. The molecule has 0 atom stereocenters. The molecule has 0 radical (unpaired) electrons. The van der Waals surface area contributed by atoms with E-state index in [2.05, 4.69) is 48.9 Å². The summed E-state index contributed by atoms with van der Waals surface area (Å²) >= 11 is 0. The zero-order valence-electron chi connectivity index (χ0n) is 25.3. The Morgan fingerprint density at radius 2 is 1.44 bits per heavy atom. The van der Waals surface area contributed by atoms with Crippen LogP contribution in [0.4, 0.5) is 5.82 Å². The van der Waals surface area contributed by atoms with Crippen LogP contribution >= 0.6 is 0 Å². The highest BCUT2D eigenvalue weighted by Gasteiger charge is 2.07. The summed E-state index contributed by atoms with van der Waals surface area (Å²) in [5.41, 5.74) is 11.1. The highest BCUT2D eigenvalue weighted by molar-refractivity contribution is 5.77. The van der Waals surface area contributed by atoms with Gasteiger partial charge in [-0.25, -0.2) is 4.98 Å². The number of unbranched alkanes of at least 4 members (excludes halogenated alkanes) is 4. The molecule has 3 aromatic rings. The van der Waals surface area contributed by atoms with Crippen LogP contribution in [0.3, 0.4) is 0 Å². The van der Waals surface area contributed by atoms with Crippen LogP contribution in [0, 0.1) is 0 Å². The fraction of sp³-hybridized carbons (Fsp3) is 0.486. The summed E-state index contributed by atoms with van der Waals surface area (Å²) in [7, 11) is 0. The molecule has 4 heteroatoms. The lowest BCUT2D eigenvalue weighted by Gasteiger charge is -2.09. The number of pyridine rings is 1. The minimum atomic E-state index is 0.578. The largest absolute Gasteiger partial charge is 0.383 e. The molecule has 1 saturated heterocycles. The molecule has 0 amide bonds. The molecule has 0 unspecified atom stereocenters. The highest BCUT2D eigenvalue weighted by atomic mass is 16.1. The number of hydrogen-bond acceptors (Lipinski definition) is 4. The zero-order chi connectivity index (χ0) is 28.7. The van der Waals surface area contributed by atoms with Crippen LogP contribution in [0.25, 0.3) is 11.1 Å². The first-order chi connectivity index (χ1) is 19.1. The van der Waals surface area contributed by atoms with E-state index in [-0.39, 0.29) is 0 Å². The molecule has 0 bridgehead atoms. The normalized spacial score (nSPS) is 12.2. The average Bonchev–Trinajstić information content (AvgIpc) is 3.54. The number of aryl methyl sites for hydroxylation is 2. The maximum Gasteiger partial charge on any atom is 0.150 e. The van der Waals surface area contributed by atoms with Crippen LogP contribution in [0.2, 0.25) is 0 Å². The predicted octanol–water partition coefficient (Wildman–Crippen LogP) is 9.03. The molecule has 2 aromatic carbocycles. The third-order valence-corrected chi connectivity index (χ3v) is 6.76. The fourth-order valence-corrected chi connectivity index (χ4v) is 4.33. The van der Waals surface area contributed by atoms with Crippen molar-refractivity contribution in [1.82, 2.24) is 9.88 Å². The number of carbonyl (C=O) groups is 1. The highest BCUT2D eigenvalue weighted by Crippen LogP contribution is 2.23. The Labute approximate surface area is 239 Å². The number of benzene rings is 2. The standard InChI is InChI=1S/C20H18N2O.C7H16.C6H13N.C2H6/c21-20-18(11-6-15-4-2-1-3-5-15)12-19(13-22-20)17-9-7-16(14-23)8-10-17;1-3-5-7-6-4-2;1-2-7-5-3-4-6-7;1-2/h1-5,7-10,12-14H,6,11H2,(H2,21,22);3-7H2,1-2H3;2-6H2,1H3;1-2H3. The summed E-state index contributed by atoms with van der Waals surface area (Å²) in [5.74, 6) is 0.578. The van der Waals surface area contributed by atoms with E-state index in [1.807, 2.05) is 56.3 Å². The van der Waals surface area contributed by atoms with E-state index in [0.717, 1.165) is 35.8 Å². The summed E-state index contributed by atoms with van der Waals surface area (Å²) < 4.78 is 0. The van der Waals surface area contributed by atoms with Crippen molar-refractivity contribution in [3.63, 3.8) is 0 Å². The van der Waals surface area contributed by atoms with E-state index in [1.165, 1.54) is 70.1 Å². The number of carbonyl (C=O) groups excluding carboxylic acids is 1. The van der Waals surface area contributed by atoms with Gasteiger partial charge in [-0.3, -0.25) is 4.79 Å². The molecule has 0 spiro atoms. The van der Waals surface area contributed by atoms with Crippen LogP contribution in [0.1, 0.15) is 101 Å². The van der Waals surface area contributed by atoms with E-state index in [4.69, 9.17) is 5.73 Å². The number of aromatic nitrogens is 1. The molecule has 39 heavy (non-hydrogen) atoms. The predicted molar refractivity (Wildman–Crippen MR) is 170 cm³/mol. The van der Waals surface area contributed by atoms with E-state index in [0.29, 0.717) is 11.4 Å². The van der Waals surface area contributed by atoms with Crippen LogP contribution < -0.4 is 5.73 Å². The van der Waals surface area contributed by atoms with Crippen molar-refractivity contribution in [2.24, 2.45) is 0 Å². The van der Waals surface area contributed by atoms with Crippen molar-refractivity contribution in [3.8, 4) is 11.1 Å². The molecule has 1 fully saturated rings. The molecule has 0 saturated carbocycles. The molecule has 4 rings (SSSR count). The molecular weight excluding hydrogens is 478 g/mol. The topological polar surface area (TPSA) is 59.2 Å². The van der Waals surface area contributed by atoms with Crippen LogP contribution in [-0.2, 0) is 12.8 Å². The average molecular weight is 532 g/mol. The minimum absolute atomic E-state index is 0.578. The smallest absolute Gasteiger partial charge is 0.150 e. The van der Waals surface area contributed by atoms with Crippen molar-refractivity contribution in [1.29, 1.82) is 0 Å². The van der Waals surface area contributed by atoms with Gasteiger partial charge in [0.25, 0.3) is 0 Å². The molecule has 0 aliphatic carbocycles. The Balaban J connectivity index is 0.000000389. The van der Waals surface area contributed by atoms with Gasteiger partial charge in [-0.05, 0) is 68.1 Å². The Morgan fingerprint density at radius 3 is 1.95 bits per heavy atom. The minimum Gasteiger partial charge on any atom is -0.383 e. The second-order valence-corrected chi connectivity index (χ2v) is 9.70. The van der Waals surface area contributed by atoms with Gasteiger partial charge in [-0.15, -0.1) is 0 Å². The van der Waals surface area contributed by atoms with Crippen molar-refractivity contribution >= 4 is 12.1 Å². The van der Waals surface area contributed by atoms with E-state index in [1.54, 1.807) is 6.20 Å². The maximum atomic E-state index is 10.7. The fourth-order valence-electron chi connectivity index (χ4n) is 4.33. The summed E-state index contributed by atoms with van der Waals surface area (Å²) in [6, 6.07) is 19.9. The molecule has 4 nitrogen and oxygen atoms in total. The molecule has 2 heterocycles. The Hall–Kier alpha value is -2.98. The van der Waals surface area contributed by atoms with Gasteiger partial charge in [0, 0.05) is 17.3 Å². The monoisotopic (exact) mass is 531 g/mol. The van der Waals surface area contributed by atoms with E-state index >= 15 is 0 Å². The number of nitrogens with two attached hydrogens (primary N) is 1. The number of hydrogen-bond donors (Lipinski definition) is 1. The SMILES string of the molecule is CC.CCCCCCC.CCN1CCCC1.Nc1ncc(-c2ccc(C=O)cc2)cc1CCc1ccccc1. The van der Waals surface area contributed by atoms with Gasteiger partial charge in [-0.2, -0.15) is 0 Å². The Bertz CT molecular complexity index is 992.